The standard InChI is InChI=1S/C14H16ClN3O3/c1-19-8-14-17-12(15)7-13(18-14)16-10-6-9(20-2)4-5-11(10)21-3/h4-7H,8H2,1-3H3,(H,16,17,18). The normalized spacial score (nSPS) is 10.3. The first-order valence-corrected chi connectivity index (χ1v) is 6.55. The molecule has 0 unspecified atom stereocenters. The molecule has 21 heavy (non-hydrogen) atoms. The minimum atomic E-state index is 0.282. The van der Waals surface area contributed by atoms with Gasteiger partial charge in [0, 0.05) is 19.2 Å². The summed E-state index contributed by atoms with van der Waals surface area (Å²) in [5, 5.41) is 3.48. The summed E-state index contributed by atoms with van der Waals surface area (Å²) in [5.74, 6) is 2.41. The molecule has 0 amide bonds. The fourth-order valence-electron chi connectivity index (χ4n) is 1.77. The van der Waals surface area contributed by atoms with Crippen LogP contribution in [-0.4, -0.2) is 31.3 Å². The van der Waals surface area contributed by atoms with Crippen LogP contribution < -0.4 is 14.8 Å². The summed E-state index contributed by atoms with van der Waals surface area (Å²) < 4.78 is 15.5. The van der Waals surface area contributed by atoms with Gasteiger partial charge in [0.05, 0.1) is 19.9 Å². The molecule has 0 fully saturated rings. The molecule has 0 spiro atoms. The largest absolute Gasteiger partial charge is 0.497 e. The summed E-state index contributed by atoms with van der Waals surface area (Å²) in [4.78, 5) is 8.40. The topological polar surface area (TPSA) is 65.5 Å². The summed E-state index contributed by atoms with van der Waals surface area (Å²) in [7, 11) is 4.77. The van der Waals surface area contributed by atoms with Gasteiger partial charge in [-0.2, -0.15) is 0 Å². The van der Waals surface area contributed by atoms with E-state index in [0.29, 0.717) is 28.3 Å². The second kappa shape index (κ2) is 7.10. The number of halogens is 1. The van der Waals surface area contributed by atoms with E-state index < -0.39 is 0 Å². The maximum absolute atomic E-state index is 5.98. The molecule has 0 saturated heterocycles. The number of ether oxygens (including phenoxy) is 3. The molecule has 0 atom stereocenters. The maximum atomic E-state index is 5.98. The van der Waals surface area contributed by atoms with Gasteiger partial charge >= 0.3 is 0 Å². The van der Waals surface area contributed by atoms with Gasteiger partial charge < -0.3 is 19.5 Å². The van der Waals surface area contributed by atoms with Crippen molar-refractivity contribution in [3.8, 4) is 11.5 Å². The molecule has 0 radical (unpaired) electrons. The van der Waals surface area contributed by atoms with E-state index in [1.807, 2.05) is 12.1 Å². The third-order valence-corrected chi connectivity index (χ3v) is 2.88. The van der Waals surface area contributed by atoms with Crippen LogP contribution in [0.15, 0.2) is 24.3 Å². The smallest absolute Gasteiger partial charge is 0.158 e. The van der Waals surface area contributed by atoms with Crippen LogP contribution in [0.1, 0.15) is 5.82 Å². The van der Waals surface area contributed by atoms with Gasteiger partial charge in [0.1, 0.15) is 29.1 Å². The number of nitrogens with one attached hydrogen (secondary N) is 1. The van der Waals surface area contributed by atoms with Crippen LogP contribution in [0.3, 0.4) is 0 Å². The minimum Gasteiger partial charge on any atom is -0.497 e. The molecule has 2 aromatic rings. The molecule has 1 aromatic carbocycles. The Morgan fingerprint density at radius 3 is 2.57 bits per heavy atom. The highest BCUT2D eigenvalue weighted by atomic mass is 35.5. The van der Waals surface area contributed by atoms with Crippen molar-refractivity contribution >= 4 is 23.1 Å². The lowest BCUT2D eigenvalue weighted by Gasteiger charge is -2.12. The van der Waals surface area contributed by atoms with E-state index in [1.165, 1.54) is 0 Å². The molecule has 2 rings (SSSR count). The predicted molar refractivity (Wildman–Crippen MR) is 80.6 cm³/mol. The highest BCUT2D eigenvalue weighted by molar-refractivity contribution is 6.29. The van der Waals surface area contributed by atoms with Crippen LogP contribution >= 0.6 is 11.6 Å². The van der Waals surface area contributed by atoms with E-state index in [1.54, 1.807) is 33.5 Å². The van der Waals surface area contributed by atoms with E-state index in [2.05, 4.69) is 15.3 Å². The molecule has 7 heteroatoms. The molecule has 0 aliphatic heterocycles. The molecule has 1 heterocycles. The van der Waals surface area contributed by atoms with Crippen molar-refractivity contribution in [1.82, 2.24) is 9.97 Å². The Hall–Kier alpha value is -2.05. The van der Waals surface area contributed by atoms with Crippen molar-refractivity contribution in [2.45, 2.75) is 6.61 Å². The second-order valence-corrected chi connectivity index (χ2v) is 4.50. The highest BCUT2D eigenvalue weighted by Gasteiger charge is 2.08. The van der Waals surface area contributed by atoms with Crippen LogP contribution in [0.4, 0.5) is 11.5 Å². The van der Waals surface area contributed by atoms with Gasteiger partial charge in [0.2, 0.25) is 0 Å². The molecule has 1 aromatic heterocycles. The third kappa shape index (κ3) is 3.96. The third-order valence-electron chi connectivity index (χ3n) is 2.68. The first-order chi connectivity index (χ1) is 10.2. The molecule has 0 aliphatic rings. The number of benzene rings is 1. The van der Waals surface area contributed by atoms with Crippen LogP contribution in [0, 0.1) is 0 Å². The van der Waals surface area contributed by atoms with E-state index in [0.717, 1.165) is 5.69 Å². The van der Waals surface area contributed by atoms with E-state index in [-0.39, 0.29) is 6.61 Å². The van der Waals surface area contributed by atoms with Gasteiger partial charge in [-0.15, -0.1) is 0 Å². The molecule has 0 bridgehead atoms. The first-order valence-electron chi connectivity index (χ1n) is 6.17. The van der Waals surface area contributed by atoms with Gasteiger partial charge in [-0.1, -0.05) is 11.6 Å². The number of aromatic nitrogens is 2. The zero-order valence-corrected chi connectivity index (χ0v) is 12.8. The maximum Gasteiger partial charge on any atom is 0.158 e. The average Bonchev–Trinajstić information content (AvgIpc) is 2.47. The van der Waals surface area contributed by atoms with E-state index >= 15 is 0 Å². The Bertz CT molecular complexity index is 622. The molecule has 6 nitrogen and oxygen atoms in total. The van der Waals surface area contributed by atoms with Crippen LogP contribution in [0.5, 0.6) is 11.5 Å². The number of methoxy groups -OCH3 is 3. The fourth-order valence-corrected chi connectivity index (χ4v) is 1.97. The summed E-state index contributed by atoms with van der Waals surface area (Å²) in [6, 6.07) is 7.05. The van der Waals surface area contributed by atoms with Crippen LogP contribution in [0.2, 0.25) is 5.15 Å². The molecule has 0 saturated carbocycles. The van der Waals surface area contributed by atoms with Crippen molar-refractivity contribution in [2.75, 3.05) is 26.6 Å². The number of anilines is 2. The Balaban J connectivity index is 2.32. The Labute approximate surface area is 128 Å². The fraction of sp³-hybridized carbons (Fsp3) is 0.286. The lowest BCUT2D eigenvalue weighted by atomic mass is 10.2. The van der Waals surface area contributed by atoms with Gasteiger partial charge in [-0.25, -0.2) is 9.97 Å². The number of hydrogen-bond donors (Lipinski definition) is 1. The predicted octanol–water partition coefficient (Wildman–Crippen LogP) is 3.04. The lowest BCUT2D eigenvalue weighted by molar-refractivity contribution is 0.178. The van der Waals surface area contributed by atoms with Crippen molar-refractivity contribution in [3.05, 3.63) is 35.2 Å². The number of hydrogen-bond acceptors (Lipinski definition) is 6. The Kier molecular flexibility index (Phi) is 5.19. The number of nitrogens with zero attached hydrogens (tertiary/aromatic N) is 2. The zero-order valence-electron chi connectivity index (χ0n) is 12.0. The van der Waals surface area contributed by atoms with Crippen molar-refractivity contribution in [3.63, 3.8) is 0 Å². The Morgan fingerprint density at radius 2 is 1.90 bits per heavy atom. The van der Waals surface area contributed by atoms with Gasteiger partial charge in [0.15, 0.2) is 5.82 Å². The monoisotopic (exact) mass is 309 g/mol. The van der Waals surface area contributed by atoms with E-state index in [4.69, 9.17) is 25.8 Å². The van der Waals surface area contributed by atoms with Gasteiger partial charge in [-0.05, 0) is 12.1 Å². The summed E-state index contributed by atoms with van der Waals surface area (Å²) in [6.45, 7) is 0.282. The first kappa shape index (κ1) is 15.3. The zero-order chi connectivity index (χ0) is 15.2. The summed E-state index contributed by atoms with van der Waals surface area (Å²) in [6.07, 6.45) is 0. The van der Waals surface area contributed by atoms with Crippen molar-refractivity contribution < 1.29 is 14.2 Å². The minimum absolute atomic E-state index is 0.282. The van der Waals surface area contributed by atoms with Crippen LogP contribution in [0.25, 0.3) is 0 Å². The quantitative estimate of drug-likeness (QED) is 0.827. The van der Waals surface area contributed by atoms with Gasteiger partial charge in [0.25, 0.3) is 0 Å². The molecule has 112 valence electrons. The summed E-state index contributed by atoms with van der Waals surface area (Å²) in [5.41, 5.74) is 0.718. The number of rotatable bonds is 6. The molecular weight excluding hydrogens is 294 g/mol. The molecule has 1 N–H and O–H groups in total. The molecule has 0 aliphatic carbocycles. The van der Waals surface area contributed by atoms with Crippen molar-refractivity contribution in [2.24, 2.45) is 0 Å². The van der Waals surface area contributed by atoms with E-state index in [9.17, 15) is 0 Å². The van der Waals surface area contributed by atoms with Gasteiger partial charge in [-0.3, -0.25) is 0 Å². The van der Waals surface area contributed by atoms with Crippen LogP contribution in [-0.2, 0) is 11.3 Å². The molecular formula is C14H16ClN3O3. The Morgan fingerprint density at radius 1 is 1.10 bits per heavy atom. The SMILES string of the molecule is COCc1nc(Cl)cc(Nc2cc(OC)ccc2OC)n1. The highest BCUT2D eigenvalue weighted by Crippen LogP contribution is 2.31. The van der Waals surface area contributed by atoms with Crippen molar-refractivity contribution in [1.29, 1.82) is 0 Å². The second-order valence-electron chi connectivity index (χ2n) is 4.12. The average molecular weight is 310 g/mol. The summed E-state index contributed by atoms with van der Waals surface area (Å²) >= 11 is 5.98. The lowest BCUT2D eigenvalue weighted by Crippen LogP contribution is -2.02.